The fraction of sp³-hybridized carbons (Fsp3) is 0.275. The summed E-state index contributed by atoms with van der Waals surface area (Å²) in [5.41, 5.74) is 2.48. The first-order valence-corrected chi connectivity index (χ1v) is 17.7. The molecule has 0 unspecified atom stereocenters. The molecule has 1 aliphatic rings. The molecule has 0 N–H and O–H groups in total. The highest BCUT2D eigenvalue weighted by Crippen LogP contribution is 2.34. The number of carbonyl (C=O) groups is 5. The van der Waals surface area contributed by atoms with E-state index in [0.29, 0.717) is 43.4 Å². The second kappa shape index (κ2) is 18.3. The lowest BCUT2D eigenvalue weighted by molar-refractivity contribution is -0.282. The fourth-order valence-corrected chi connectivity index (χ4v) is 6.36. The zero-order valence-corrected chi connectivity index (χ0v) is 32.6. The van der Waals surface area contributed by atoms with Crippen molar-refractivity contribution in [2.24, 2.45) is 0 Å². The van der Waals surface area contributed by atoms with Gasteiger partial charge in [-0.05, 0) is 60.2 Å². The van der Waals surface area contributed by atoms with Gasteiger partial charge in [0.15, 0.2) is 18.3 Å². The Hall–Kier alpha value is -6.69. The van der Waals surface area contributed by atoms with Crippen molar-refractivity contribution in [3.05, 3.63) is 93.6 Å². The Labute approximate surface area is 334 Å². The predicted octanol–water partition coefficient (Wildman–Crippen LogP) is 5.60. The van der Waals surface area contributed by atoms with Crippen molar-refractivity contribution in [1.82, 2.24) is 4.57 Å². The molecule has 2 heterocycles. The molecule has 0 amide bonds. The molecule has 1 fully saturated rings. The Morgan fingerprint density at radius 3 is 2.14 bits per heavy atom. The highest BCUT2D eigenvalue weighted by molar-refractivity contribution is 9.10. The summed E-state index contributed by atoms with van der Waals surface area (Å²) in [6, 6.07) is 20.4. The van der Waals surface area contributed by atoms with Gasteiger partial charge >= 0.3 is 30.0 Å². The van der Waals surface area contributed by atoms with Gasteiger partial charge in [0.05, 0.1) is 43.0 Å². The van der Waals surface area contributed by atoms with Crippen LogP contribution in [0, 0.1) is 22.7 Å². The second-order valence-electron chi connectivity index (χ2n) is 12.3. The monoisotopic (exact) mass is 843 g/mol. The molecule has 1 saturated heterocycles. The number of ether oxygens (including phenoxy) is 8. The number of esters is 4. The SMILES string of the molecule is COC(=O)[C@H]1O[C@@H](Oc2ccc(COC(=O)n3cc(/C(C#N)=C/c4cc(C#N)ccc4OC)c4cc(Br)ccc43)cc2)[C@H](OC(C)=O)[C@@H](OC(C)=O)[C@@H]1OC(C)=O. The van der Waals surface area contributed by atoms with Gasteiger partial charge in [-0.2, -0.15) is 10.5 Å². The maximum Gasteiger partial charge on any atom is 0.418 e. The molecule has 17 heteroatoms. The van der Waals surface area contributed by atoms with E-state index in [0.717, 1.165) is 27.9 Å². The van der Waals surface area contributed by atoms with Gasteiger partial charge in [0.25, 0.3) is 0 Å². The lowest BCUT2D eigenvalue weighted by Crippen LogP contribution is -2.64. The zero-order valence-electron chi connectivity index (χ0n) is 31.0. The molecule has 4 aromatic rings. The summed E-state index contributed by atoms with van der Waals surface area (Å²) in [7, 11) is 2.55. The van der Waals surface area contributed by atoms with Gasteiger partial charge in [0, 0.05) is 48.0 Å². The second-order valence-corrected chi connectivity index (χ2v) is 13.2. The third-order valence-corrected chi connectivity index (χ3v) is 8.90. The Balaban J connectivity index is 1.37. The van der Waals surface area contributed by atoms with Crippen molar-refractivity contribution in [2.75, 3.05) is 14.2 Å². The van der Waals surface area contributed by atoms with Crippen LogP contribution in [0.25, 0.3) is 22.6 Å². The van der Waals surface area contributed by atoms with E-state index in [1.165, 1.54) is 30.0 Å². The largest absolute Gasteiger partial charge is 0.496 e. The van der Waals surface area contributed by atoms with Gasteiger partial charge in [0.2, 0.25) is 12.4 Å². The molecule has 0 bridgehead atoms. The van der Waals surface area contributed by atoms with E-state index in [1.807, 2.05) is 0 Å². The minimum absolute atomic E-state index is 0.141. The Morgan fingerprint density at radius 1 is 0.860 bits per heavy atom. The van der Waals surface area contributed by atoms with Crippen molar-refractivity contribution >= 4 is 68.5 Å². The van der Waals surface area contributed by atoms with Crippen molar-refractivity contribution in [3.8, 4) is 23.6 Å². The number of allylic oxidation sites excluding steroid dienone is 1. The Kier molecular flexibility index (Phi) is 13.3. The van der Waals surface area contributed by atoms with Gasteiger partial charge in [0.1, 0.15) is 18.1 Å². The minimum atomic E-state index is -1.64. The molecule has 0 spiro atoms. The number of rotatable bonds is 11. The third-order valence-electron chi connectivity index (χ3n) is 8.40. The highest BCUT2D eigenvalue weighted by Gasteiger charge is 2.55. The number of methoxy groups -OCH3 is 2. The van der Waals surface area contributed by atoms with Crippen LogP contribution in [0.1, 0.15) is 43.0 Å². The van der Waals surface area contributed by atoms with E-state index in [-0.39, 0.29) is 17.9 Å². The first-order chi connectivity index (χ1) is 27.3. The maximum absolute atomic E-state index is 13.5. The fourth-order valence-electron chi connectivity index (χ4n) is 6.00. The van der Waals surface area contributed by atoms with E-state index < -0.39 is 60.7 Å². The number of nitrogens with zero attached hydrogens (tertiary/aromatic N) is 3. The number of hydrogen-bond donors (Lipinski definition) is 0. The molecule has 0 aliphatic carbocycles. The summed E-state index contributed by atoms with van der Waals surface area (Å²) in [4.78, 5) is 62.4. The predicted molar refractivity (Wildman–Crippen MR) is 201 cm³/mol. The lowest BCUT2D eigenvalue weighted by atomic mass is 9.97. The number of aromatic nitrogens is 1. The van der Waals surface area contributed by atoms with E-state index >= 15 is 0 Å². The molecule has 3 aromatic carbocycles. The van der Waals surface area contributed by atoms with Crippen LogP contribution in [0.3, 0.4) is 0 Å². The van der Waals surface area contributed by atoms with Crippen LogP contribution >= 0.6 is 15.9 Å². The van der Waals surface area contributed by atoms with Crippen molar-refractivity contribution < 1.29 is 61.9 Å². The first-order valence-electron chi connectivity index (χ1n) is 16.9. The molecule has 0 saturated carbocycles. The summed E-state index contributed by atoms with van der Waals surface area (Å²) < 4.78 is 45.7. The van der Waals surface area contributed by atoms with E-state index in [4.69, 9.17) is 37.9 Å². The molecule has 0 radical (unpaired) electrons. The zero-order chi connectivity index (χ0) is 41.4. The minimum Gasteiger partial charge on any atom is -0.496 e. The van der Waals surface area contributed by atoms with Gasteiger partial charge < -0.3 is 37.9 Å². The topological polar surface area (TPSA) is 212 Å². The molecule has 16 nitrogen and oxygen atoms in total. The molecule has 1 aliphatic heterocycles. The molecule has 1 aromatic heterocycles. The van der Waals surface area contributed by atoms with Crippen molar-refractivity contribution in [3.63, 3.8) is 0 Å². The van der Waals surface area contributed by atoms with Crippen LogP contribution in [0.2, 0.25) is 0 Å². The molecular formula is C40H34BrN3O13. The maximum atomic E-state index is 13.5. The van der Waals surface area contributed by atoms with Crippen LogP contribution in [-0.4, -0.2) is 79.5 Å². The standard InChI is InChI=1S/C40H34BrN3O13/c1-21(45)53-34-35(54-22(2)46)37(55-23(3)47)39(57-36(34)38(48)51-5)56-29-10-6-24(7-11-29)20-52-40(49)44-19-31(30-16-28(41)9-12-32(30)44)27(18-43)15-26-14-25(17-42)8-13-33(26)50-4/h6-16,19,34-37,39H,20H2,1-5H3/b27-15+/t34-,35-,36-,37+,39+/m0/s1. The number of hydrogen-bond acceptors (Lipinski definition) is 15. The van der Waals surface area contributed by atoms with Crippen molar-refractivity contribution in [1.29, 1.82) is 10.5 Å². The Bertz CT molecular complexity index is 2320. The van der Waals surface area contributed by atoms with Crippen LogP contribution < -0.4 is 9.47 Å². The molecule has 5 rings (SSSR count). The summed E-state index contributed by atoms with van der Waals surface area (Å²) in [6.45, 7) is 3.05. The molecule has 5 atom stereocenters. The lowest BCUT2D eigenvalue weighted by Gasteiger charge is -2.43. The van der Waals surface area contributed by atoms with Gasteiger partial charge in [-0.25, -0.2) is 9.59 Å². The van der Waals surface area contributed by atoms with Crippen LogP contribution in [0.15, 0.2) is 71.3 Å². The van der Waals surface area contributed by atoms with Gasteiger partial charge in [-0.15, -0.1) is 0 Å². The smallest absolute Gasteiger partial charge is 0.418 e. The number of carbonyl (C=O) groups excluding carboxylic acids is 5. The first kappa shape index (κ1) is 41.5. The molecular weight excluding hydrogens is 810 g/mol. The van der Waals surface area contributed by atoms with E-state index in [1.54, 1.807) is 54.6 Å². The summed E-state index contributed by atoms with van der Waals surface area (Å²) in [5.74, 6) is -2.88. The quantitative estimate of drug-likeness (QED) is 0.102. The highest BCUT2D eigenvalue weighted by atomic mass is 79.9. The number of halogens is 1. The van der Waals surface area contributed by atoms with Crippen molar-refractivity contribution in [2.45, 2.75) is 58.1 Å². The summed E-state index contributed by atoms with van der Waals surface area (Å²) in [6.07, 6.45) is -5.45. The van der Waals surface area contributed by atoms with Crippen LogP contribution in [0.4, 0.5) is 4.79 Å². The average Bonchev–Trinajstić information content (AvgIpc) is 3.56. The number of fused-ring (bicyclic) bond motifs is 1. The van der Waals surface area contributed by atoms with E-state index in [2.05, 4.69) is 28.1 Å². The number of benzene rings is 3. The summed E-state index contributed by atoms with van der Waals surface area (Å²) in [5, 5.41) is 20.2. The summed E-state index contributed by atoms with van der Waals surface area (Å²) >= 11 is 3.46. The van der Waals surface area contributed by atoms with Crippen LogP contribution in [-0.2, 0) is 54.2 Å². The van der Waals surface area contributed by atoms with Gasteiger partial charge in [-0.1, -0.05) is 28.1 Å². The van der Waals surface area contributed by atoms with E-state index in [9.17, 15) is 34.5 Å². The normalized spacial score (nSPS) is 18.9. The third kappa shape index (κ3) is 9.77. The Morgan fingerprint density at radius 2 is 1.53 bits per heavy atom. The van der Waals surface area contributed by atoms with Crippen LogP contribution in [0.5, 0.6) is 11.5 Å². The van der Waals surface area contributed by atoms with Gasteiger partial charge in [-0.3, -0.25) is 19.0 Å². The molecule has 294 valence electrons. The number of nitriles is 2. The molecule has 57 heavy (non-hydrogen) atoms. The average molecular weight is 845 g/mol.